The van der Waals surface area contributed by atoms with Crippen LogP contribution in [-0.4, -0.2) is 17.9 Å². The molecule has 2 fully saturated rings. The molecule has 0 aromatic heterocycles. The van der Waals surface area contributed by atoms with Gasteiger partial charge < -0.3 is 0 Å². The van der Waals surface area contributed by atoms with Crippen molar-refractivity contribution >= 4 is 58.0 Å². The summed E-state index contributed by atoms with van der Waals surface area (Å²) in [6, 6.07) is 20.8. The number of hydroxylamine groups is 1. The molecule has 3 atom stereocenters. The smallest absolute Gasteiger partial charge is 0.266 e. The maximum atomic E-state index is 13.6. The minimum absolute atomic E-state index is 0.176. The second-order valence-electron chi connectivity index (χ2n) is 7.30. The highest BCUT2D eigenvalue weighted by molar-refractivity contribution is 6.42. The summed E-state index contributed by atoms with van der Waals surface area (Å²) in [4.78, 5) is 34.1. The van der Waals surface area contributed by atoms with E-state index in [-0.39, 0.29) is 15.7 Å². The van der Waals surface area contributed by atoms with Gasteiger partial charge in [0.15, 0.2) is 6.10 Å². The van der Waals surface area contributed by atoms with Crippen molar-refractivity contribution in [2.75, 3.05) is 9.96 Å². The number of hydrogen-bond donors (Lipinski definition) is 0. The van der Waals surface area contributed by atoms with Crippen molar-refractivity contribution in [1.29, 1.82) is 0 Å². The number of halogens is 3. The van der Waals surface area contributed by atoms with Gasteiger partial charge in [0.1, 0.15) is 5.92 Å². The number of para-hydroxylation sites is 2. The molecular weight excluding hydrogens is 459 g/mol. The lowest BCUT2D eigenvalue weighted by Gasteiger charge is -2.29. The quantitative estimate of drug-likeness (QED) is 0.458. The molecular formula is C23H15Cl3N2O3. The van der Waals surface area contributed by atoms with Crippen LogP contribution in [0.4, 0.5) is 11.4 Å². The Morgan fingerprint density at radius 3 is 2.13 bits per heavy atom. The summed E-state index contributed by atoms with van der Waals surface area (Å²) >= 11 is 18.8. The third-order valence-corrected chi connectivity index (χ3v) is 6.32. The first-order valence-electron chi connectivity index (χ1n) is 9.55. The van der Waals surface area contributed by atoms with Crippen LogP contribution in [0.1, 0.15) is 11.6 Å². The van der Waals surface area contributed by atoms with Gasteiger partial charge in [0.05, 0.1) is 27.5 Å². The Labute approximate surface area is 193 Å². The maximum absolute atomic E-state index is 13.6. The fourth-order valence-corrected chi connectivity index (χ4v) is 4.93. The first-order chi connectivity index (χ1) is 15.0. The van der Waals surface area contributed by atoms with E-state index in [1.807, 2.05) is 36.4 Å². The highest BCUT2D eigenvalue weighted by Gasteiger charge is 2.60. The molecule has 0 unspecified atom stereocenters. The second kappa shape index (κ2) is 7.84. The summed E-state index contributed by atoms with van der Waals surface area (Å²) in [5, 5.41) is 2.57. The van der Waals surface area contributed by atoms with Crippen LogP contribution in [0.15, 0.2) is 72.8 Å². The zero-order valence-electron chi connectivity index (χ0n) is 15.9. The van der Waals surface area contributed by atoms with E-state index >= 15 is 0 Å². The van der Waals surface area contributed by atoms with Gasteiger partial charge in [-0.05, 0) is 42.0 Å². The van der Waals surface area contributed by atoms with E-state index in [0.717, 1.165) is 16.2 Å². The molecule has 2 heterocycles. The lowest BCUT2D eigenvalue weighted by molar-refractivity contribution is -0.126. The number of imide groups is 1. The van der Waals surface area contributed by atoms with E-state index in [1.165, 1.54) is 0 Å². The molecule has 2 amide bonds. The average molecular weight is 474 g/mol. The lowest BCUT2D eigenvalue weighted by Crippen LogP contribution is -2.37. The predicted molar refractivity (Wildman–Crippen MR) is 120 cm³/mol. The first-order valence-corrected chi connectivity index (χ1v) is 10.7. The molecule has 2 saturated heterocycles. The molecule has 5 rings (SSSR count). The van der Waals surface area contributed by atoms with Crippen molar-refractivity contribution in [3.63, 3.8) is 0 Å². The van der Waals surface area contributed by atoms with Gasteiger partial charge in [-0.2, -0.15) is 0 Å². The lowest BCUT2D eigenvalue weighted by atomic mass is 9.90. The van der Waals surface area contributed by atoms with Gasteiger partial charge in [-0.15, -0.1) is 0 Å². The fourth-order valence-electron chi connectivity index (χ4n) is 4.17. The van der Waals surface area contributed by atoms with Crippen LogP contribution in [0, 0.1) is 5.92 Å². The number of benzene rings is 3. The van der Waals surface area contributed by atoms with Gasteiger partial charge in [0, 0.05) is 5.02 Å². The maximum Gasteiger partial charge on any atom is 0.266 e. The SMILES string of the molecule is O=C1[C@H]2[C@@H](c3cccc(Cl)c3)N(c3ccccc3)O[C@H]2C(=O)N1c1c(Cl)cccc1Cl. The highest BCUT2D eigenvalue weighted by atomic mass is 35.5. The summed E-state index contributed by atoms with van der Waals surface area (Å²) in [6.45, 7) is 0. The Morgan fingerprint density at radius 2 is 1.45 bits per heavy atom. The fraction of sp³-hybridized carbons (Fsp3) is 0.130. The van der Waals surface area contributed by atoms with Crippen molar-refractivity contribution in [2.45, 2.75) is 12.1 Å². The van der Waals surface area contributed by atoms with E-state index in [9.17, 15) is 9.59 Å². The highest BCUT2D eigenvalue weighted by Crippen LogP contribution is 2.49. The number of nitrogens with zero attached hydrogens (tertiary/aromatic N) is 2. The minimum Gasteiger partial charge on any atom is -0.273 e. The number of rotatable bonds is 3. The van der Waals surface area contributed by atoms with Crippen LogP contribution in [0.2, 0.25) is 15.1 Å². The Hall–Kier alpha value is -2.57. The second-order valence-corrected chi connectivity index (χ2v) is 8.55. The van der Waals surface area contributed by atoms with Crippen molar-refractivity contribution in [2.24, 2.45) is 5.92 Å². The van der Waals surface area contributed by atoms with Crippen LogP contribution in [0.5, 0.6) is 0 Å². The standard InChI is InChI=1S/C23H15Cl3N2O3/c24-14-7-4-6-13(12-14)19-18-21(31-28(19)15-8-2-1-3-9-15)23(30)27(22(18)29)20-16(25)10-5-11-17(20)26/h1-12,18-19,21H/t18-,19+,21+/m0/s1. The van der Waals surface area contributed by atoms with Crippen molar-refractivity contribution < 1.29 is 14.4 Å². The van der Waals surface area contributed by atoms with Gasteiger partial charge in [-0.1, -0.05) is 71.2 Å². The summed E-state index contributed by atoms with van der Waals surface area (Å²) in [5.74, 6) is -1.72. The molecule has 3 aromatic rings. The number of carbonyl (C=O) groups is 2. The summed E-state index contributed by atoms with van der Waals surface area (Å²) in [6.07, 6.45) is -1.01. The van der Waals surface area contributed by atoms with Crippen LogP contribution >= 0.6 is 34.8 Å². The van der Waals surface area contributed by atoms with Crippen molar-refractivity contribution in [3.05, 3.63) is 93.4 Å². The number of carbonyl (C=O) groups excluding carboxylic acids is 2. The van der Waals surface area contributed by atoms with E-state index < -0.39 is 29.9 Å². The summed E-state index contributed by atoms with van der Waals surface area (Å²) in [7, 11) is 0. The molecule has 156 valence electrons. The predicted octanol–water partition coefficient (Wildman–Crippen LogP) is 5.70. The molecule has 0 aliphatic carbocycles. The molecule has 0 radical (unpaired) electrons. The monoisotopic (exact) mass is 472 g/mol. The summed E-state index contributed by atoms with van der Waals surface area (Å²) < 4.78 is 0. The van der Waals surface area contributed by atoms with Gasteiger partial charge in [-0.25, -0.2) is 9.96 Å². The number of amides is 2. The van der Waals surface area contributed by atoms with E-state index in [2.05, 4.69) is 0 Å². The molecule has 2 aliphatic heterocycles. The van der Waals surface area contributed by atoms with Crippen LogP contribution in [0.25, 0.3) is 0 Å². The topological polar surface area (TPSA) is 49.9 Å². The van der Waals surface area contributed by atoms with E-state index in [0.29, 0.717) is 5.02 Å². The number of anilines is 2. The van der Waals surface area contributed by atoms with Gasteiger partial charge in [0.25, 0.3) is 5.91 Å². The largest absolute Gasteiger partial charge is 0.273 e. The Kier molecular flexibility index (Phi) is 5.15. The molecule has 0 spiro atoms. The molecule has 0 bridgehead atoms. The van der Waals surface area contributed by atoms with Crippen LogP contribution in [-0.2, 0) is 14.4 Å². The zero-order valence-corrected chi connectivity index (χ0v) is 18.2. The Bertz CT molecular complexity index is 1170. The third-order valence-electron chi connectivity index (χ3n) is 5.48. The first kappa shape index (κ1) is 20.3. The molecule has 8 heteroatoms. The van der Waals surface area contributed by atoms with Crippen LogP contribution in [0.3, 0.4) is 0 Å². The summed E-state index contributed by atoms with van der Waals surface area (Å²) in [5.41, 5.74) is 1.66. The number of hydrogen-bond acceptors (Lipinski definition) is 4. The minimum atomic E-state index is -1.01. The van der Waals surface area contributed by atoms with Crippen molar-refractivity contribution in [3.8, 4) is 0 Å². The van der Waals surface area contributed by atoms with E-state index in [1.54, 1.807) is 41.5 Å². The van der Waals surface area contributed by atoms with Crippen LogP contribution < -0.4 is 9.96 Å². The molecule has 0 saturated carbocycles. The molecule has 31 heavy (non-hydrogen) atoms. The molecule has 5 nitrogen and oxygen atoms in total. The molecule has 2 aliphatic rings. The Balaban J connectivity index is 1.62. The Morgan fingerprint density at radius 1 is 0.774 bits per heavy atom. The van der Waals surface area contributed by atoms with Gasteiger partial charge in [0.2, 0.25) is 5.91 Å². The third kappa shape index (κ3) is 3.29. The molecule has 0 N–H and O–H groups in total. The zero-order chi connectivity index (χ0) is 21.7. The van der Waals surface area contributed by atoms with E-state index in [4.69, 9.17) is 39.6 Å². The van der Waals surface area contributed by atoms with Gasteiger partial charge >= 0.3 is 0 Å². The van der Waals surface area contributed by atoms with Crippen molar-refractivity contribution in [1.82, 2.24) is 0 Å². The average Bonchev–Trinajstić information content (AvgIpc) is 3.26. The molecule has 3 aromatic carbocycles. The normalized spacial score (nSPS) is 22.9. The number of fused-ring (bicyclic) bond motifs is 1. The van der Waals surface area contributed by atoms with Gasteiger partial charge in [-0.3, -0.25) is 14.4 Å².